The van der Waals surface area contributed by atoms with Crippen LogP contribution in [-0.4, -0.2) is 26.2 Å². The summed E-state index contributed by atoms with van der Waals surface area (Å²) in [5.74, 6) is 0. The number of alkyl halides is 3. The lowest BCUT2D eigenvalue weighted by atomic mass is 10.7. The van der Waals surface area contributed by atoms with E-state index in [1.807, 2.05) is 0 Å². The molecule has 16 heavy (non-hydrogen) atoms. The van der Waals surface area contributed by atoms with Crippen molar-refractivity contribution in [3.8, 4) is 0 Å². The number of halogens is 3. The van der Waals surface area contributed by atoms with Crippen LogP contribution in [0, 0.1) is 6.92 Å². The van der Waals surface area contributed by atoms with Gasteiger partial charge >= 0.3 is 6.18 Å². The molecule has 5 nitrogen and oxygen atoms in total. The van der Waals surface area contributed by atoms with Gasteiger partial charge in [0.15, 0.2) is 10.8 Å². The van der Waals surface area contributed by atoms with Crippen LogP contribution in [0.4, 0.5) is 13.2 Å². The third kappa shape index (κ3) is 4.04. The monoisotopic (exact) mass is 276 g/mol. The van der Waals surface area contributed by atoms with E-state index in [0.717, 1.165) is 17.5 Å². The van der Waals surface area contributed by atoms with Gasteiger partial charge in [-0.3, -0.25) is 4.84 Å². The molecular weight excluding hydrogens is 269 g/mol. The summed E-state index contributed by atoms with van der Waals surface area (Å²) in [6.07, 6.45) is -3.55. The molecule has 0 aliphatic rings. The zero-order chi connectivity index (χ0) is 12.4. The van der Waals surface area contributed by atoms with Gasteiger partial charge in [0.2, 0.25) is 0 Å². The Morgan fingerprint density at radius 3 is 2.62 bits per heavy atom. The van der Waals surface area contributed by atoms with E-state index < -0.39 is 22.8 Å². The van der Waals surface area contributed by atoms with Crippen molar-refractivity contribution < 1.29 is 26.4 Å². The van der Waals surface area contributed by atoms with Crippen molar-refractivity contribution in [2.75, 3.05) is 6.61 Å². The summed E-state index contributed by atoms with van der Waals surface area (Å²) in [6, 6.07) is 0. The number of thiazole rings is 1. The van der Waals surface area contributed by atoms with E-state index in [1.165, 1.54) is 4.89 Å². The number of sulfonamides is 1. The van der Waals surface area contributed by atoms with Crippen LogP contribution in [0.25, 0.3) is 0 Å². The molecule has 10 heteroatoms. The molecule has 0 unspecified atom stereocenters. The summed E-state index contributed by atoms with van der Waals surface area (Å²) < 4.78 is 57.4. The first-order valence-corrected chi connectivity index (χ1v) is 6.13. The highest BCUT2D eigenvalue weighted by Crippen LogP contribution is 2.18. The first-order valence-electron chi connectivity index (χ1n) is 3.83. The molecule has 0 fully saturated rings. The third-order valence-electron chi connectivity index (χ3n) is 1.27. The maximum atomic E-state index is 11.7. The standard InChI is InChI=1S/C6H7F3N2O3S2/c1-4-10-2-5(15-4)16(12,13)11-14-3-6(7,8)9/h2,11H,3H2,1H3. The number of hydrogen-bond acceptors (Lipinski definition) is 5. The summed E-state index contributed by atoms with van der Waals surface area (Å²) in [5.41, 5.74) is 0. The van der Waals surface area contributed by atoms with Gasteiger partial charge in [-0.15, -0.1) is 11.3 Å². The average Bonchev–Trinajstić information content (AvgIpc) is 2.49. The molecule has 1 aromatic heterocycles. The fourth-order valence-electron chi connectivity index (χ4n) is 0.696. The van der Waals surface area contributed by atoms with Crippen molar-refractivity contribution in [3.05, 3.63) is 11.2 Å². The smallest absolute Gasteiger partial charge is 0.277 e. The van der Waals surface area contributed by atoms with E-state index in [9.17, 15) is 21.6 Å². The molecule has 0 amide bonds. The van der Waals surface area contributed by atoms with Crippen LogP contribution in [0.5, 0.6) is 0 Å². The zero-order valence-electron chi connectivity index (χ0n) is 7.91. The molecule has 1 aromatic rings. The molecule has 92 valence electrons. The number of nitrogens with zero attached hydrogens (tertiary/aromatic N) is 1. The number of rotatable bonds is 4. The lowest BCUT2D eigenvalue weighted by Gasteiger charge is -2.07. The second kappa shape index (κ2) is 4.65. The van der Waals surface area contributed by atoms with Crippen LogP contribution in [0.2, 0.25) is 0 Å². The highest BCUT2D eigenvalue weighted by atomic mass is 32.2. The molecule has 0 aromatic carbocycles. The molecule has 0 spiro atoms. The quantitative estimate of drug-likeness (QED) is 0.840. The van der Waals surface area contributed by atoms with Gasteiger partial charge in [-0.1, -0.05) is 4.89 Å². The summed E-state index contributed by atoms with van der Waals surface area (Å²) in [5, 5.41) is 0.483. The van der Waals surface area contributed by atoms with Gasteiger partial charge in [0.05, 0.1) is 11.2 Å². The van der Waals surface area contributed by atoms with Gasteiger partial charge in [-0.05, 0) is 6.92 Å². The second-order valence-corrected chi connectivity index (χ2v) is 5.80. The molecule has 0 radical (unpaired) electrons. The zero-order valence-corrected chi connectivity index (χ0v) is 9.54. The minimum Gasteiger partial charge on any atom is -0.277 e. The molecule has 1 rings (SSSR count). The molecule has 0 aliphatic carbocycles. The SMILES string of the molecule is Cc1ncc(S(=O)(=O)NOCC(F)(F)F)s1. The van der Waals surface area contributed by atoms with Crippen molar-refractivity contribution in [1.29, 1.82) is 0 Å². The first-order chi connectivity index (χ1) is 7.21. The van der Waals surface area contributed by atoms with E-state index in [1.54, 1.807) is 6.92 Å². The molecule has 0 saturated heterocycles. The minimum absolute atomic E-state index is 0.202. The van der Waals surface area contributed by atoms with Crippen LogP contribution < -0.4 is 4.89 Å². The first kappa shape index (κ1) is 13.4. The maximum Gasteiger partial charge on any atom is 0.413 e. The van der Waals surface area contributed by atoms with E-state index in [4.69, 9.17) is 0 Å². The highest BCUT2D eigenvalue weighted by Gasteiger charge is 2.29. The molecular formula is C6H7F3N2O3S2. The minimum atomic E-state index is -4.59. The number of nitrogens with one attached hydrogen (secondary N) is 1. The summed E-state index contributed by atoms with van der Waals surface area (Å²) in [4.78, 5) is 8.87. The molecule has 1 N–H and O–H groups in total. The van der Waals surface area contributed by atoms with Crippen LogP contribution in [0.1, 0.15) is 5.01 Å². The Balaban J connectivity index is 2.60. The lowest BCUT2D eigenvalue weighted by Crippen LogP contribution is -2.29. The van der Waals surface area contributed by atoms with Crippen LogP contribution in [0.3, 0.4) is 0 Å². The Kier molecular flexibility index (Phi) is 3.88. The van der Waals surface area contributed by atoms with Crippen molar-refractivity contribution in [2.24, 2.45) is 0 Å². The van der Waals surface area contributed by atoms with Gasteiger partial charge in [0.25, 0.3) is 10.0 Å². The molecule has 0 bridgehead atoms. The number of aromatic nitrogens is 1. The topological polar surface area (TPSA) is 68.3 Å². The Bertz CT molecular complexity index is 454. The third-order valence-corrected chi connectivity index (χ3v) is 3.86. The highest BCUT2D eigenvalue weighted by molar-refractivity contribution is 7.91. The molecule has 0 aliphatic heterocycles. The van der Waals surface area contributed by atoms with E-state index in [-0.39, 0.29) is 4.21 Å². The van der Waals surface area contributed by atoms with Gasteiger partial charge in [0, 0.05) is 0 Å². The summed E-state index contributed by atoms with van der Waals surface area (Å²) in [7, 11) is -4.08. The summed E-state index contributed by atoms with van der Waals surface area (Å²) in [6.45, 7) is -0.121. The fraction of sp³-hybridized carbons (Fsp3) is 0.500. The number of aryl methyl sites for hydroxylation is 1. The van der Waals surface area contributed by atoms with Crippen molar-refractivity contribution in [2.45, 2.75) is 17.3 Å². The van der Waals surface area contributed by atoms with E-state index in [2.05, 4.69) is 9.82 Å². The van der Waals surface area contributed by atoms with Gasteiger partial charge in [-0.2, -0.15) is 13.2 Å². The Morgan fingerprint density at radius 2 is 2.19 bits per heavy atom. The molecule has 0 atom stereocenters. The second-order valence-electron chi connectivity index (χ2n) is 2.69. The Hall–Kier alpha value is -0.710. The Labute approximate surface area is 93.3 Å². The predicted molar refractivity (Wildman–Crippen MR) is 49.2 cm³/mol. The fourth-order valence-corrected chi connectivity index (χ4v) is 2.59. The lowest BCUT2D eigenvalue weighted by molar-refractivity contribution is -0.181. The predicted octanol–water partition coefficient (Wildman–Crippen LogP) is 1.22. The largest absolute Gasteiger partial charge is 0.413 e. The molecule has 0 saturated carbocycles. The van der Waals surface area contributed by atoms with Crippen molar-refractivity contribution in [1.82, 2.24) is 9.87 Å². The van der Waals surface area contributed by atoms with E-state index >= 15 is 0 Å². The van der Waals surface area contributed by atoms with E-state index in [0.29, 0.717) is 5.01 Å². The normalized spacial score (nSPS) is 13.0. The summed E-state index contributed by atoms with van der Waals surface area (Å²) >= 11 is 0.830. The van der Waals surface area contributed by atoms with Crippen molar-refractivity contribution in [3.63, 3.8) is 0 Å². The van der Waals surface area contributed by atoms with Gasteiger partial charge in [0.1, 0.15) is 0 Å². The van der Waals surface area contributed by atoms with Crippen LogP contribution in [0.15, 0.2) is 10.4 Å². The van der Waals surface area contributed by atoms with Gasteiger partial charge < -0.3 is 0 Å². The average molecular weight is 276 g/mol. The van der Waals surface area contributed by atoms with Crippen molar-refractivity contribution >= 4 is 21.4 Å². The van der Waals surface area contributed by atoms with Gasteiger partial charge in [-0.25, -0.2) is 13.4 Å². The van der Waals surface area contributed by atoms with Crippen LogP contribution in [-0.2, 0) is 14.9 Å². The van der Waals surface area contributed by atoms with Crippen LogP contribution >= 0.6 is 11.3 Å². The maximum absolute atomic E-state index is 11.7. The molecule has 1 heterocycles. The Morgan fingerprint density at radius 1 is 1.56 bits per heavy atom. The number of hydrogen-bond donors (Lipinski definition) is 1.